The third-order valence-corrected chi connectivity index (χ3v) is 8.49. The van der Waals surface area contributed by atoms with Gasteiger partial charge >= 0.3 is 0 Å². The lowest BCUT2D eigenvalue weighted by Gasteiger charge is -2.48. The molecule has 1 saturated heterocycles. The molecule has 5 rings (SSSR count). The standard InChI is InChI=1S/C29H36N2O/c1-30-26-13-15-27(16-14-26)32-21-7-19-31-20-17-25(22-31)29(24-10-3-4-11-24)18-6-9-23-8-2-5-12-28(23)29/h2,5,8,12-16,24-25H,3-4,6-7,9-11,17-22H2. The highest BCUT2D eigenvalue weighted by Crippen LogP contribution is 2.55. The maximum Gasteiger partial charge on any atom is 0.187 e. The van der Waals surface area contributed by atoms with Crippen LogP contribution in [-0.2, 0) is 11.8 Å². The average Bonchev–Trinajstić information content (AvgIpc) is 3.55. The first-order valence-corrected chi connectivity index (χ1v) is 12.7. The van der Waals surface area contributed by atoms with Crippen molar-refractivity contribution >= 4 is 5.69 Å². The number of nitrogens with zero attached hydrogens (tertiary/aromatic N) is 2. The largest absolute Gasteiger partial charge is 0.494 e. The van der Waals surface area contributed by atoms with Crippen LogP contribution in [0.3, 0.4) is 0 Å². The van der Waals surface area contributed by atoms with Crippen molar-refractivity contribution in [3.63, 3.8) is 0 Å². The number of hydrogen-bond donors (Lipinski definition) is 0. The molecule has 2 fully saturated rings. The molecule has 2 aromatic rings. The molecule has 32 heavy (non-hydrogen) atoms. The normalized spacial score (nSPS) is 26.0. The Morgan fingerprint density at radius 1 is 0.969 bits per heavy atom. The van der Waals surface area contributed by atoms with Crippen molar-refractivity contribution in [2.45, 2.75) is 63.2 Å². The minimum atomic E-state index is 0.418. The van der Waals surface area contributed by atoms with Crippen molar-refractivity contribution in [3.05, 3.63) is 71.1 Å². The molecular weight excluding hydrogens is 392 g/mol. The molecule has 2 atom stereocenters. The van der Waals surface area contributed by atoms with Crippen molar-refractivity contribution in [3.8, 4) is 5.75 Å². The molecule has 0 amide bonds. The second kappa shape index (κ2) is 9.67. The Bertz CT molecular complexity index is 940. The predicted molar refractivity (Wildman–Crippen MR) is 130 cm³/mol. The first-order valence-electron chi connectivity index (χ1n) is 12.7. The fraction of sp³-hybridized carbons (Fsp3) is 0.552. The van der Waals surface area contributed by atoms with Crippen LogP contribution in [0.5, 0.6) is 5.75 Å². The Kier molecular flexibility index (Phi) is 6.51. The number of rotatable bonds is 7. The summed E-state index contributed by atoms with van der Waals surface area (Å²) in [4.78, 5) is 6.14. The second-order valence-electron chi connectivity index (χ2n) is 10.1. The van der Waals surface area contributed by atoms with Crippen LogP contribution in [0.2, 0.25) is 0 Å². The summed E-state index contributed by atoms with van der Waals surface area (Å²) in [6, 6.07) is 16.9. The summed E-state index contributed by atoms with van der Waals surface area (Å²) in [5.74, 6) is 2.56. The lowest BCUT2D eigenvalue weighted by molar-refractivity contribution is 0.140. The fourth-order valence-corrected chi connectivity index (χ4v) is 7.07. The van der Waals surface area contributed by atoms with Crippen LogP contribution >= 0.6 is 0 Å². The van der Waals surface area contributed by atoms with E-state index in [0.29, 0.717) is 11.1 Å². The zero-order valence-corrected chi connectivity index (χ0v) is 19.3. The minimum Gasteiger partial charge on any atom is -0.494 e. The second-order valence-corrected chi connectivity index (χ2v) is 10.1. The number of aryl methyl sites for hydroxylation is 1. The SMILES string of the molecule is [C-]#[N+]c1ccc(OCCCN2CCC(C3(C4CCCC4)CCCc4ccccc43)C2)cc1. The van der Waals surface area contributed by atoms with Gasteiger partial charge in [-0.05, 0) is 86.6 Å². The molecule has 3 heteroatoms. The van der Waals surface area contributed by atoms with E-state index in [9.17, 15) is 0 Å². The van der Waals surface area contributed by atoms with E-state index in [1.165, 1.54) is 64.5 Å². The van der Waals surface area contributed by atoms with E-state index in [1.54, 1.807) is 11.1 Å². The fourth-order valence-electron chi connectivity index (χ4n) is 7.07. The Balaban J connectivity index is 1.22. The molecule has 1 saturated carbocycles. The van der Waals surface area contributed by atoms with Crippen molar-refractivity contribution in [2.75, 3.05) is 26.2 Å². The highest BCUT2D eigenvalue weighted by Gasteiger charge is 2.50. The highest BCUT2D eigenvalue weighted by molar-refractivity contribution is 5.47. The summed E-state index contributed by atoms with van der Waals surface area (Å²) < 4.78 is 5.93. The monoisotopic (exact) mass is 428 g/mol. The molecule has 1 aliphatic heterocycles. The lowest BCUT2D eigenvalue weighted by Crippen LogP contribution is -2.45. The summed E-state index contributed by atoms with van der Waals surface area (Å²) in [7, 11) is 0. The molecule has 0 spiro atoms. The molecule has 3 aliphatic rings. The van der Waals surface area contributed by atoms with Gasteiger partial charge in [0.05, 0.1) is 13.2 Å². The van der Waals surface area contributed by atoms with Gasteiger partial charge in [0.25, 0.3) is 0 Å². The van der Waals surface area contributed by atoms with Crippen LogP contribution in [0.25, 0.3) is 4.85 Å². The van der Waals surface area contributed by atoms with E-state index in [1.807, 2.05) is 24.3 Å². The van der Waals surface area contributed by atoms with Gasteiger partial charge in [-0.2, -0.15) is 0 Å². The van der Waals surface area contributed by atoms with Gasteiger partial charge in [-0.15, -0.1) is 0 Å². The minimum absolute atomic E-state index is 0.418. The maximum absolute atomic E-state index is 7.06. The molecule has 1 heterocycles. The van der Waals surface area contributed by atoms with Gasteiger partial charge in [0.15, 0.2) is 5.69 Å². The molecular formula is C29H36N2O. The zero-order valence-electron chi connectivity index (χ0n) is 19.3. The summed E-state index contributed by atoms with van der Waals surface area (Å²) in [5, 5.41) is 0. The quantitative estimate of drug-likeness (QED) is 0.356. The Morgan fingerprint density at radius 3 is 2.59 bits per heavy atom. The van der Waals surface area contributed by atoms with Crippen molar-refractivity contribution in [1.82, 2.24) is 4.90 Å². The zero-order chi connectivity index (χ0) is 21.8. The van der Waals surface area contributed by atoms with E-state index in [4.69, 9.17) is 11.3 Å². The van der Waals surface area contributed by atoms with E-state index in [2.05, 4.69) is 34.0 Å². The van der Waals surface area contributed by atoms with Gasteiger partial charge in [0.2, 0.25) is 0 Å². The number of hydrogen-bond acceptors (Lipinski definition) is 2. The summed E-state index contributed by atoms with van der Waals surface area (Å²) in [5.41, 5.74) is 4.44. The van der Waals surface area contributed by atoms with E-state index in [-0.39, 0.29) is 0 Å². The lowest BCUT2D eigenvalue weighted by atomic mass is 9.56. The molecule has 2 unspecified atom stereocenters. The van der Waals surface area contributed by atoms with Crippen LogP contribution in [0, 0.1) is 18.4 Å². The third-order valence-electron chi connectivity index (χ3n) is 8.49. The van der Waals surface area contributed by atoms with Crippen molar-refractivity contribution < 1.29 is 4.74 Å². The van der Waals surface area contributed by atoms with Gasteiger partial charge in [-0.3, -0.25) is 0 Å². The molecule has 0 aromatic heterocycles. The molecule has 168 valence electrons. The van der Waals surface area contributed by atoms with Gasteiger partial charge in [0.1, 0.15) is 5.75 Å². The topological polar surface area (TPSA) is 16.8 Å². The van der Waals surface area contributed by atoms with Crippen LogP contribution in [0.4, 0.5) is 5.69 Å². The molecule has 2 aliphatic carbocycles. The number of ether oxygens (including phenoxy) is 1. The van der Waals surface area contributed by atoms with Gasteiger partial charge in [-0.1, -0.05) is 49.2 Å². The first-order chi connectivity index (χ1) is 15.8. The Hall–Kier alpha value is -2.31. The van der Waals surface area contributed by atoms with Crippen LogP contribution < -0.4 is 4.74 Å². The molecule has 0 bridgehead atoms. The molecule has 0 radical (unpaired) electrons. The predicted octanol–water partition coefficient (Wildman–Crippen LogP) is 6.79. The third kappa shape index (κ3) is 4.18. The van der Waals surface area contributed by atoms with Crippen LogP contribution in [0.1, 0.15) is 62.5 Å². The smallest absolute Gasteiger partial charge is 0.187 e. The van der Waals surface area contributed by atoms with Crippen LogP contribution in [-0.4, -0.2) is 31.1 Å². The number of fused-ring (bicyclic) bond motifs is 1. The van der Waals surface area contributed by atoms with Crippen molar-refractivity contribution in [1.29, 1.82) is 0 Å². The highest BCUT2D eigenvalue weighted by atomic mass is 16.5. The van der Waals surface area contributed by atoms with E-state index >= 15 is 0 Å². The van der Waals surface area contributed by atoms with Crippen LogP contribution in [0.15, 0.2) is 48.5 Å². The maximum atomic E-state index is 7.06. The summed E-state index contributed by atoms with van der Waals surface area (Å²) in [6.45, 7) is 11.4. The Morgan fingerprint density at radius 2 is 1.78 bits per heavy atom. The number of likely N-dealkylation sites (tertiary alicyclic amines) is 1. The van der Waals surface area contributed by atoms with Gasteiger partial charge in [0, 0.05) is 18.5 Å². The Labute approximate surface area is 193 Å². The van der Waals surface area contributed by atoms with Gasteiger partial charge in [-0.25, -0.2) is 4.85 Å². The van der Waals surface area contributed by atoms with E-state index < -0.39 is 0 Å². The molecule has 0 N–H and O–H groups in total. The van der Waals surface area contributed by atoms with Crippen molar-refractivity contribution in [2.24, 2.45) is 11.8 Å². The first kappa shape index (κ1) is 21.5. The summed E-state index contributed by atoms with van der Waals surface area (Å²) >= 11 is 0. The number of benzene rings is 2. The summed E-state index contributed by atoms with van der Waals surface area (Å²) in [6.07, 6.45) is 12.2. The van der Waals surface area contributed by atoms with E-state index in [0.717, 1.165) is 37.2 Å². The molecule has 3 nitrogen and oxygen atoms in total. The molecule has 2 aromatic carbocycles. The average molecular weight is 429 g/mol. The van der Waals surface area contributed by atoms with Gasteiger partial charge < -0.3 is 9.64 Å².